The molecule has 15 heavy (non-hydrogen) atoms. The lowest BCUT2D eigenvalue weighted by molar-refractivity contribution is 0.414. The summed E-state index contributed by atoms with van der Waals surface area (Å²) in [4.78, 5) is 0. The number of hydrogen-bond acceptors (Lipinski definition) is 2. The van der Waals surface area contributed by atoms with Gasteiger partial charge in [-0.2, -0.15) is 0 Å². The number of likely N-dealkylation sites (N-methyl/N-ethyl adjacent to an activating group) is 1. The summed E-state index contributed by atoms with van der Waals surface area (Å²) in [6, 6.07) is 7.11. The largest absolute Gasteiger partial charge is 0.497 e. The minimum Gasteiger partial charge on any atom is -0.497 e. The zero-order valence-corrected chi connectivity index (χ0v) is 9.73. The summed E-state index contributed by atoms with van der Waals surface area (Å²) in [5.74, 6) is 0.752. The Bertz CT molecular complexity index is 407. The van der Waals surface area contributed by atoms with Gasteiger partial charge in [0.2, 0.25) is 0 Å². The Morgan fingerprint density at radius 1 is 1.47 bits per heavy atom. The molecule has 0 fully saturated rings. The fourth-order valence-corrected chi connectivity index (χ4v) is 1.29. The van der Waals surface area contributed by atoms with E-state index in [-0.39, 0.29) is 18.4 Å². The summed E-state index contributed by atoms with van der Waals surface area (Å²) in [6.45, 7) is -3.31. The lowest BCUT2D eigenvalue weighted by atomic mass is 10.1. The molecule has 1 N–H and O–H groups in total. The van der Waals surface area contributed by atoms with Crippen LogP contribution >= 0.6 is 12.4 Å². The van der Waals surface area contributed by atoms with Crippen molar-refractivity contribution in [3.05, 3.63) is 29.8 Å². The Balaban J connectivity index is 0.00000361. The summed E-state index contributed by atoms with van der Waals surface area (Å²) in [6.07, 6.45) is 0.541. The van der Waals surface area contributed by atoms with Crippen molar-refractivity contribution >= 4 is 12.4 Å². The maximum atomic E-state index is 7.51. The van der Waals surface area contributed by atoms with E-state index >= 15 is 0 Å². The quantitative estimate of drug-likeness (QED) is 0.846. The molecule has 0 radical (unpaired) electrons. The van der Waals surface area contributed by atoms with E-state index in [1.807, 2.05) is 24.3 Å². The van der Waals surface area contributed by atoms with Crippen molar-refractivity contribution in [3.63, 3.8) is 0 Å². The van der Waals surface area contributed by atoms with E-state index in [0.29, 0.717) is 6.42 Å². The van der Waals surface area contributed by atoms with Gasteiger partial charge >= 0.3 is 0 Å². The van der Waals surface area contributed by atoms with Crippen molar-refractivity contribution in [2.45, 2.75) is 26.2 Å². The standard InChI is InChI=1S/C12H19NO.ClH/c1-4-13-10(2)9-11-5-7-12(14-3)8-6-11;/h5-8,10,13H,4,9H2,1-3H3;1H/i1D3,4D2;. The number of benzene rings is 1. The predicted molar refractivity (Wildman–Crippen MR) is 67.1 cm³/mol. The molecule has 1 atom stereocenters. The van der Waals surface area contributed by atoms with E-state index < -0.39 is 13.3 Å². The molecule has 86 valence electrons. The Labute approximate surface area is 105 Å². The fourth-order valence-electron chi connectivity index (χ4n) is 1.29. The molecule has 0 aliphatic carbocycles. The van der Waals surface area contributed by atoms with Gasteiger partial charge in [0, 0.05) is 12.9 Å². The lowest BCUT2D eigenvalue weighted by Gasteiger charge is -2.12. The maximum Gasteiger partial charge on any atom is 0.118 e. The van der Waals surface area contributed by atoms with E-state index in [9.17, 15) is 0 Å². The van der Waals surface area contributed by atoms with Crippen LogP contribution in [0.15, 0.2) is 24.3 Å². The van der Waals surface area contributed by atoms with Gasteiger partial charge in [0.05, 0.1) is 7.11 Å². The van der Waals surface area contributed by atoms with E-state index in [1.54, 1.807) is 14.0 Å². The molecule has 0 saturated carbocycles. The monoisotopic (exact) mass is 234 g/mol. The van der Waals surface area contributed by atoms with Gasteiger partial charge in [-0.1, -0.05) is 19.0 Å². The number of ether oxygens (including phenoxy) is 1. The second kappa shape index (κ2) is 7.55. The van der Waals surface area contributed by atoms with Crippen LogP contribution in [0.5, 0.6) is 5.75 Å². The van der Waals surface area contributed by atoms with Gasteiger partial charge in [-0.05, 0) is 37.5 Å². The van der Waals surface area contributed by atoms with Crippen LogP contribution in [-0.2, 0) is 6.42 Å². The first-order valence-electron chi connectivity index (χ1n) is 7.06. The Kier molecular flexibility index (Phi) is 3.79. The highest BCUT2D eigenvalue weighted by Crippen LogP contribution is 2.12. The summed E-state index contributed by atoms with van der Waals surface area (Å²) < 4.78 is 41.5. The number of rotatable bonds is 5. The number of hydrogen-bond donors (Lipinski definition) is 1. The van der Waals surface area contributed by atoms with Crippen molar-refractivity contribution < 1.29 is 11.6 Å². The second-order valence-electron chi connectivity index (χ2n) is 3.22. The molecule has 3 heteroatoms. The molecule has 2 nitrogen and oxygen atoms in total. The van der Waals surface area contributed by atoms with Gasteiger partial charge in [-0.25, -0.2) is 0 Å². The first-order chi connectivity index (χ1) is 8.65. The van der Waals surface area contributed by atoms with Crippen LogP contribution in [0.4, 0.5) is 0 Å². The van der Waals surface area contributed by atoms with E-state index in [4.69, 9.17) is 11.6 Å². The van der Waals surface area contributed by atoms with Crippen molar-refractivity contribution in [3.8, 4) is 5.75 Å². The molecule has 0 aliphatic heterocycles. The van der Waals surface area contributed by atoms with Gasteiger partial charge in [0.1, 0.15) is 5.75 Å². The topological polar surface area (TPSA) is 21.3 Å². The van der Waals surface area contributed by atoms with Crippen LogP contribution in [0.25, 0.3) is 0 Å². The molecule has 0 saturated heterocycles. The Hall–Kier alpha value is -0.730. The first kappa shape index (κ1) is 7.53. The van der Waals surface area contributed by atoms with Crippen molar-refractivity contribution in [2.24, 2.45) is 0 Å². The number of halogens is 1. The van der Waals surface area contributed by atoms with Crippen LogP contribution < -0.4 is 10.1 Å². The van der Waals surface area contributed by atoms with Crippen molar-refractivity contribution in [1.82, 2.24) is 5.32 Å². The summed E-state index contributed by atoms with van der Waals surface area (Å²) >= 11 is 0. The highest BCUT2D eigenvalue weighted by atomic mass is 35.5. The molecule has 0 heterocycles. The minimum absolute atomic E-state index is 0. The van der Waals surface area contributed by atoms with Gasteiger partial charge in [-0.15, -0.1) is 12.4 Å². The van der Waals surface area contributed by atoms with Gasteiger partial charge < -0.3 is 10.1 Å². The molecule has 1 unspecified atom stereocenters. The third-order valence-electron chi connectivity index (χ3n) is 2.02. The highest BCUT2D eigenvalue weighted by molar-refractivity contribution is 5.85. The average molecular weight is 235 g/mol. The lowest BCUT2D eigenvalue weighted by Crippen LogP contribution is -2.27. The van der Waals surface area contributed by atoms with Gasteiger partial charge in [-0.3, -0.25) is 0 Å². The fraction of sp³-hybridized carbons (Fsp3) is 0.500. The molecule has 0 aromatic heterocycles. The van der Waals surface area contributed by atoms with E-state index in [0.717, 1.165) is 11.3 Å². The molecule has 0 spiro atoms. The molecule has 1 aromatic carbocycles. The zero-order valence-electron chi connectivity index (χ0n) is 13.9. The molecule has 0 amide bonds. The zero-order chi connectivity index (χ0) is 14.7. The first-order valence-corrected chi connectivity index (χ1v) is 4.56. The van der Waals surface area contributed by atoms with Crippen LogP contribution in [0, 0.1) is 0 Å². The molecular weight excluding hydrogens is 210 g/mol. The molecular formula is C12H20ClNO. The normalized spacial score (nSPS) is 18.4. The second-order valence-corrected chi connectivity index (χ2v) is 3.22. The van der Waals surface area contributed by atoms with Crippen LogP contribution in [0.1, 0.15) is 26.2 Å². The molecule has 0 bridgehead atoms. The summed E-state index contributed by atoms with van der Waals surface area (Å²) in [5.41, 5.74) is 0.988. The van der Waals surface area contributed by atoms with Gasteiger partial charge in [0.25, 0.3) is 0 Å². The maximum absolute atomic E-state index is 7.51. The Morgan fingerprint density at radius 2 is 2.13 bits per heavy atom. The highest BCUT2D eigenvalue weighted by Gasteiger charge is 2.01. The van der Waals surface area contributed by atoms with E-state index in [1.165, 1.54) is 0 Å². The van der Waals surface area contributed by atoms with Crippen LogP contribution in [-0.4, -0.2) is 19.6 Å². The smallest absolute Gasteiger partial charge is 0.118 e. The predicted octanol–water partition coefficient (Wildman–Crippen LogP) is 2.66. The van der Waals surface area contributed by atoms with Crippen LogP contribution in [0.3, 0.4) is 0 Å². The number of nitrogens with one attached hydrogen (secondary N) is 1. The van der Waals surface area contributed by atoms with Crippen LogP contribution in [0.2, 0.25) is 0 Å². The van der Waals surface area contributed by atoms with Crippen molar-refractivity contribution in [1.29, 1.82) is 0 Å². The minimum atomic E-state index is -2.68. The SMILES string of the molecule is Cl.[2H]C([2H])([2H])C([2H])([2H])NC(C)Cc1ccc(OC)cc1. The number of methoxy groups -OCH3 is 1. The molecule has 1 rings (SSSR count). The summed E-state index contributed by atoms with van der Waals surface area (Å²) in [5, 5.41) is 2.51. The molecule has 0 aliphatic rings. The Morgan fingerprint density at radius 3 is 2.67 bits per heavy atom. The summed E-state index contributed by atoms with van der Waals surface area (Å²) in [7, 11) is 1.59. The van der Waals surface area contributed by atoms with Gasteiger partial charge in [0.15, 0.2) is 0 Å². The average Bonchev–Trinajstić information content (AvgIpc) is 2.27. The third-order valence-corrected chi connectivity index (χ3v) is 2.02. The molecule has 1 aromatic rings. The van der Waals surface area contributed by atoms with E-state index in [2.05, 4.69) is 5.32 Å². The van der Waals surface area contributed by atoms with Crippen molar-refractivity contribution in [2.75, 3.05) is 13.6 Å². The third kappa shape index (κ3) is 5.05.